The number of benzene rings is 1. The summed E-state index contributed by atoms with van der Waals surface area (Å²) in [6.07, 6.45) is 4.46. The number of carbonyl (C=O) groups is 1. The van der Waals surface area contributed by atoms with Crippen LogP contribution in [-0.4, -0.2) is 37.2 Å². The molecule has 25 heavy (non-hydrogen) atoms. The van der Waals surface area contributed by atoms with Crippen LogP contribution >= 0.6 is 11.6 Å². The van der Waals surface area contributed by atoms with E-state index in [1.54, 1.807) is 6.20 Å². The number of aromatic nitrogens is 1. The van der Waals surface area contributed by atoms with Gasteiger partial charge in [0.15, 0.2) is 0 Å². The monoisotopic (exact) mass is 357 g/mol. The molecule has 2 atom stereocenters. The summed E-state index contributed by atoms with van der Waals surface area (Å²) in [6, 6.07) is 9.58. The van der Waals surface area contributed by atoms with Gasteiger partial charge in [-0.1, -0.05) is 23.7 Å². The maximum absolute atomic E-state index is 12.7. The number of amides is 1. The highest BCUT2D eigenvalue weighted by molar-refractivity contribution is 6.34. The molecular weight excluding hydrogens is 338 g/mol. The van der Waals surface area contributed by atoms with E-state index in [-0.39, 0.29) is 17.7 Å². The molecule has 4 rings (SSSR count). The van der Waals surface area contributed by atoms with Crippen molar-refractivity contribution in [3.63, 3.8) is 0 Å². The predicted molar refractivity (Wildman–Crippen MR) is 98.2 cm³/mol. The highest BCUT2D eigenvalue weighted by atomic mass is 35.5. The number of hydrogen-bond acceptors (Lipinski definition) is 4. The van der Waals surface area contributed by atoms with E-state index in [0.29, 0.717) is 18.2 Å². The number of ether oxygens (including phenoxy) is 1. The summed E-state index contributed by atoms with van der Waals surface area (Å²) in [5, 5.41) is 3.74. The average molecular weight is 358 g/mol. The second kappa shape index (κ2) is 7.02. The van der Waals surface area contributed by atoms with Crippen LogP contribution in [0.25, 0.3) is 0 Å². The van der Waals surface area contributed by atoms with E-state index in [1.165, 1.54) is 0 Å². The second-order valence-electron chi connectivity index (χ2n) is 6.46. The van der Waals surface area contributed by atoms with Crippen LogP contribution in [0.15, 0.2) is 42.7 Å². The molecule has 130 valence electrons. The molecule has 1 saturated carbocycles. The lowest BCUT2D eigenvalue weighted by Gasteiger charge is -2.31. The largest absolute Gasteiger partial charge is 0.378 e. The first kappa shape index (κ1) is 16.4. The van der Waals surface area contributed by atoms with E-state index in [4.69, 9.17) is 16.3 Å². The van der Waals surface area contributed by atoms with E-state index < -0.39 is 0 Å². The van der Waals surface area contributed by atoms with Crippen molar-refractivity contribution in [1.82, 2.24) is 4.98 Å². The number of pyridine rings is 1. The number of para-hydroxylation sites is 1. The van der Waals surface area contributed by atoms with E-state index >= 15 is 0 Å². The minimum Gasteiger partial charge on any atom is -0.378 e. The molecule has 2 aromatic rings. The number of halogens is 1. The first-order chi connectivity index (χ1) is 12.2. The molecule has 1 aromatic carbocycles. The van der Waals surface area contributed by atoms with Gasteiger partial charge in [-0.25, -0.2) is 0 Å². The SMILES string of the molecule is O=C(Nc1cccc(Cl)c1N1CCOCC1)C1CC1c1cccnc1. The summed E-state index contributed by atoms with van der Waals surface area (Å²) in [5.74, 6) is 0.311. The van der Waals surface area contributed by atoms with E-state index in [9.17, 15) is 4.79 Å². The zero-order chi connectivity index (χ0) is 17.2. The van der Waals surface area contributed by atoms with Gasteiger partial charge >= 0.3 is 0 Å². The summed E-state index contributed by atoms with van der Waals surface area (Å²) in [7, 11) is 0. The molecule has 0 bridgehead atoms. The van der Waals surface area contributed by atoms with Gasteiger partial charge in [0.2, 0.25) is 5.91 Å². The van der Waals surface area contributed by atoms with Crippen molar-refractivity contribution in [2.45, 2.75) is 12.3 Å². The Labute approximate surface area is 152 Å². The molecule has 6 heteroatoms. The quantitative estimate of drug-likeness (QED) is 0.912. The first-order valence-electron chi connectivity index (χ1n) is 8.56. The van der Waals surface area contributed by atoms with Crippen LogP contribution < -0.4 is 10.2 Å². The number of nitrogens with one attached hydrogen (secondary N) is 1. The van der Waals surface area contributed by atoms with E-state index in [2.05, 4.69) is 15.2 Å². The highest BCUT2D eigenvalue weighted by Crippen LogP contribution is 2.48. The molecule has 1 aromatic heterocycles. The van der Waals surface area contributed by atoms with Gasteiger partial charge in [0.05, 0.1) is 29.6 Å². The molecule has 1 N–H and O–H groups in total. The lowest BCUT2D eigenvalue weighted by Crippen LogP contribution is -2.37. The molecule has 0 radical (unpaired) electrons. The van der Waals surface area contributed by atoms with E-state index in [0.717, 1.165) is 36.4 Å². The lowest BCUT2D eigenvalue weighted by atomic mass is 10.1. The van der Waals surface area contributed by atoms with Crippen molar-refractivity contribution < 1.29 is 9.53 Å². The molecule has 5 nitrogen and oxygen atoms in total. The molecule has 1 aliphatic carbocycles. The molecule has 2 unspecified atom stereocenters. The predicted octanol–water partition coefficient (Wildman–Crippen LogP) is 3.31. The fraction of sp³-hybridized carbons (Fsp3) is 0.368. The maximum Gasteiger partial charge on any atom is 0.228 e. The highest BCUT2D eigenvalue weighted by Gasteiger charge is 2.44. The van der Waals surface area contributed by atoms with Gasteiger partial charge in [-0.15, -0.1) is 0 Å². The number of morpholine rings is 1. The van der Waals surface area contributed by atoms with Gasteiger partial charge < -0.3 is 15.0 Å². The normalized spacial score (nSPS) is 22.5. The van der Waals surface area contributed by atoms with Crippen molar-refractivity contribution in [3.05, 3.63) is 53.3 Å². The average Bonchev–Trinajstić information content (AvgIpc) is 3.44. The van der Waals surface area contributed by atoms with Gasteiger partial charge in [0, 0.05) is 31.4 Å². The van der Waals surface area contributed by atoms with Crippen molar-refractivity contribution >= 4 is 28.9 Å². The van der Waals surface area contributed by atoms with Gasteiger partial charge in [-0.2, -0.15) is 0 Å². The van der Waals surface area contributed by atoms with Gasteiger partial charge in [-0.3, -0.25) is 9.78 Å². The first-order valence-corrected chi connectivity index (χ1v) is 8.94. The van der Waals surface area contributed by atoms with Crippen molar-refractivity contribution in [2.75, 3.05) is 36.5 Å². The summed E-state index contributed by atoms with van der Waals surface area (Å²) in [5.41, 5.74) is 2.79. The third-order valence-corrected chi connectivity index (χ3v) is 5.12. The summed E-state index contributed by atoms with van der Waals surface area (Å²) in [4.78, 5) is 19.0. The lowest BCUT2D eigenvalue weighted by molar-refractivity contribution is -0.117. The minimum atomic E-state index is 0.000667. The molecule has 2 heterocycles. The fourth-order valence-electron chi connectivity index (χ4n) is 3.40. The standard InChI is InChI=1S/C19H20ClN3O2/c20-16-4-1-5-17(18(16)23-7-9-25-10-8-23)22-19(24)15-11-14(15)13-3-2-6-21-12-13/h1-6,12,14-15H,7-11H2,(H,22,24). The van der Waals surface area contributed by atoms with Crippen molar-refractivity contribution in [1.29, 1.82) is 0 Å². The molecule has 2 fully saturated rings. The third-order valence-electron chi connectivity index (χ3n) is 4.81. The number of carbonyl (C=O) groups excluding carboxylic acids is 1. The zero-order valence-corrected chi connectivity index (χ0v) is 14.6. The summed E-state index contributed by atoms with van der Waals surface area (Å²) < 4.78 is 5.42. The smallest absolute Gasteiger partial charge is 0.228 e. The fourth-order valence-corrected chi connectivity index (χ4v) is 3.69. The van der Waals surface area contributed by atoms with Crippen LogP contribution in [0.1, 0.15) is 17.9 Å². The Morgan fingerprint density at radius 1 is 1.24 bits per heavy atom. The Bertz CT molecular complexity index is 763. The Kier molecular flexibility index (Phi) is 4.59. The zero-order valence-electron chi connectivity index (χ0n) is 13.8. The van der Waals surface area contributed by atoms with Crippen LogP contribution in [0.4, 0.5) is 11.4 Å². The number of anilines is 2. The Balaban J connectivity index is 1.49. The van der Waals surface area contributed by atoms with Crippen molar-refractivity contribution in [2.24, 2.45) is 5.92 Å². The van der Waals surface area contributed by atoms with Crippen LogP contribution in [0.5, 0.6) is 0 Å². The molecule has 2 aliphatic rings. The Hall–Kier alpha value is -2.11. The molecule has 1 amide bonds. The Morgan fingerprint density at radius 2 is 2.08 bits per heavy atom. The van der Waals surface area contributed by atoms with Gasteiger partial charge in [0.25, 0.3) is 0 Å². The molecular formula is C19H20ClN3O2. The number of nitrogens with zero attached hydrogens (tertiary/aromatic N) is 2. The van der Waals surface area contributed by atoms with Crippen molar-refractivity contribution in [3.8, 4) is 0 Å². The number of hydrogen-bond donors (Lipinski definition) is 1. The third kappa shape index (κ3) is 3.48. The maximum atomic E-state index is 12.7. The van der Waals surface area contributed by atoms with Crippen LogP contribution in [-0.2, 0) is 9.53 Å². The summed E-state index contributed by atoms with van der Waals surface area (Å²) >= 11 is 6.42. The number of rotatable bonds is 4. The molecule has 1 saturated heterocycles. The summed E-state index contributed by atoms with van der Waals surface area (Å²) in [6.45, 7) is 2.89. The Morgan fingerprint density at radius 3 is 2.84 bits per heavy atom. The topological polar surface area (TPSA) is 54.5 Å². The molecule has 0 spiro atoms. The minimum absolute atomic E-state index is 0.000667. The second-order valence-corrected chi connectivity index (χ2v) is 6.87. The van der Waals surface area contributed by atoms with Crippen LogP contribution in [0.3, 0.4) is 0 Å². The molecule has 1 aliphatic heterocycles. The van der Waals surface area contributed by atoms with E-state index in [1.807, 2.05) is 36.5 Å². The van der Waals surface area contributed by atoms with Crippen LogP contribution in [0, 0.1) is 5.92 Å². The van der Waals surface area contributed by atoms with Gasteiger partial charge in [0.1, 0.15) is 0 Å². The van der Waals surface area contributed by atoms with Gasteiger partial charge in [-0.05, 0) is 36.1 Å². The van der Waals surface area contributed by atoms with Crippen LogP contribution in [0.2, 0.25) is 5.02 Å².